The summed E-state index contributed by atoms with van der Waals surface area (Å²) in [6.45, 7) is 2.27. The number of carbonyl (C=O) groups is 2. The molecule has 0 aromatic rings. The lowest BCUT2D eigenvalue weighted by atomic mass is 10.2. The highest BCUT2D eigenvalue weighted by Crippen LogP contribution is 2.18. The van der Waals surface area contributed by atoms with Crippen LogP contribution in [0, 0.1) is 0 Å². The summed E-state index contributed by atoms with van der Waals surface area (Å²) in [4.78, 5) is 24.9. The van der Waals surface area contributed by atoms with Crippen molar-refractivity contribution in [1.82, 2.24) is 10.2 Å². The van der Waals surface area contributed by atoms with E-state index in [1.165, 1.54) is 4.90 Å². The maximum Gasteiger partial charge on any atom is 0.411 e. The number of halogens is 3. The Kier molecular flexibility index (Phi) is 5.94. The fraction of sp³-hybridized carbons (Fsp3) is 0.833. The number of ether oxygens (including phenoxy) is 1. The first-order valence-electron chi connectivity index (χ1n) is 6.50. The van der Waals surface area contributed by atoms with Gasteiger partial charge in [0.25, 0.3) is 0 Å². The van der Waals surface area contributed by atoms with Gasteiger partial charge in [-0.25, -0.2) is 0 Å². The Labute approximate surface area is 115 Å². The highest BCUT2D eigenvalue weighted by Gasteiger charge is 2.40. The standard InChI is InChI=1S/C12H19F3N2O3/c1-3-8(2)17-10(18)6-9(11(17)19)16-4-5-20-7-12(13,14)15/h8-9,16H,3-7H2,1-2H3. The third-order valence-electron chi connectivity index (χ3n) is 3.12. The lowest BCUT2D eigenvalue weighted by Gasteiger charge is -2.21. The van der Waals surface area contributed by atoms with Crippen LogP contribution >= 0.6 is 0 Å². The molecule has 1 aliphatic heterocycles. The predicted octanol–water partition coefficient (Wildman–Crippen LogP) is 1.08. The van der Waals surface area contributed by atoms with Gasteiger partial charge < -0.3 is 10.1 Å². The third kappa shape index (κ3) is 4.75. The summed E-state index contributed by atoms with van der Waals surface area (Å²) in [5.74, 6) is -0.571. The van der Waals surface area contributed by atoms with Crippen LogP contribution in [0.4, 0.5) is 13.2 Å². The normalized spacial score (nSPS) is 21.6. The van der Waals surface area contributed by atoms with Gasteiger partial charge in [0.2, 0.25) is 11.8 Å². The minimum absolute atomic E-state index is 0.0441. The highest BCUT2D eigenvalue weighted by atomic mass is 19.4. The molecule has 1 heterocycles. The second-order valence-corrected chi connectivity index (χ2v) is 4.74. The summed E-state index contributed by atoms with van der Waals surface area (Å²) < 4.78 is 39.9. The Hall–Kier alpha value is -1.15. The maximum absolute atomic E-state index is 12.0. The van der Waals surface area contributed by atoms with Crippen LogP contribution in [0.15, 0.2) is 0 Å². The average molecular weight is 296 g/mol. The first-order chi connectivity index (χ1) is 9.26. The molecule has 1 rings (SSSR count). The van der Waals surface area contributed by atoms with Gasteiger partial charge in [-0.1, -0.05) is 6.92 Å². The van der Waals surface area contributed by atoms with Crippen molar-refractivity contribution >= 4 is 11.8 Å². The molecule has 0 aliphatic carbocycles. The lowest BCUT2D eigenvalue weighted by molar-refractivity contribution is -0.173. The third-order valence-corrected chi connectivity index (χ3v) is 3.12. The molecule has 0 bridgehead atoms. The summed E-state index contributed by atoms with van der Waals surface area (Å²) in [6, 6.07) is -0.825. The molecule has 116 valence electrons. The molecule has 1 fully saturated rings. The van der Waals surface area contributed by atoms with E-state index in [4.69, 9.17) is 0 Å². The second-order valence-electron chi connectivity index (χ2n) is 4.74. The molecular weight excluding hydrogens is 277 g/mol. The number of hydrogen-bond donors (Lipinski definition) is 1. The zero-order valence-corrected chi connectivity index (χ0v) is 11.5. The number of imide groups is 1. The van der Waals surface area contributed by atoms with Gasteiger partial charge in [0, 0.05) is 12.6 Å². The molecule has 1 N–H and O–H groups in total. The minimum Gasteiger partial charge on any atom is -0.371 e. The Balaban J connectivity index is 2.32. The van der Waals surface area contributed by atoms with Crippen molar-refractivity contribution in [1.29, 1.82) is 0 Å². The van der Waals surface area contributed by atoms with Crippen LogP contribution in [0.3, 0.4) is 0 Å². The topological polar surface area (TPSA) is 58.6 Å². The quantitative estimate of drug-likeness (QED) is 0.564. The van der Waals surface area contributed by atoms with E-state index in [9.17, 15) is 22.8 Å². The van der Waals surface area contributed by atoms with E-state index in [0.29, 0.717) is 6.42 Å². The number of rotatable bonds is 7. The second kappa shape index (κ2) is 7.03. The summed E-state index contributed by atoms with van der Waals surface area (Å²) in [5, 5.41) is 2.75. The molecule has 1 saturated heterocycles. The number of likely N-dealkylation sites (tertiary alicyclic amines) is 1. The van der Waals surface area contributed by atoms with Gasteiger partial charge >= 0.3 is 6.18 Å². The van der Waals surface area contributed by atoms with Crippen LogP contribution in [-0.2, 0) is 14.3 Å². The van der Waals surface area contributed by atoms with Crippen molar-refractivity contribution in [2.24, 2.45) is 0 Å². The zero-order valence-electron chi connectivity index (χ0n) is 11.5. The molecule has 20 heavy (non-hydrogen) atoms. The van der Waals surface area contributed by atoms with Crippen molar-refractivity contribution in [3.63, 3.8) is 0 Å². The van der Waals surface area contributed by atoms with Gasteiger partial charge in [0.15, 0.2) is 0 Å². The van der Waals surface area contributed by atoms with Crippen LogP contribution in [0.25, 0.3) is 0 Å². The van der Waals surface area contributed by atoms with Gasteiger partial charge in [-0.15, -0.1) is 0 Å². The molecule has 1 aliphatic rings. The number of alkyl halides is 3. The van der Waals surface area contributed by atoms with Gasteiger partial charge in [0.1, 0.15) is 6.61 Å². The van der Waals surface area contributed by atoms with Gasteiger partial charge in [-0.3, -0.25) is 14.5 Å². The Morgan fingerprint density at radius 1 is 1.45 bits per heavy atom. The van der Waals surface area contributed by atoms with Crippen LogP contribution in [-0.4, -0.2) is 54.7 Å². The molecule has 5 nitrogen and oxygen atoms in total. The Morgan fingerprint density at radius 2 is 2.10 bits per heavy atom. The molecule has 0 aromatic heterocycles. The predicted molar refractivity (Wildman–Crippen MR) is 64.9 cm³/mol. The molecule has 0 saturated carbocycles. The molecule has 2 atom stereocenters. The van der Waals surface area contributed by atoms with E-state index in [0.717, 1.165) is 0 Å². The first-order valence-corrected chi connectivity index (χ1v) is 6.50. The number of hydrogen-bond acceptors (Lipinski definition) is 4. The molecule has 8 heteroatoms. The number of amides is 2. The van der Waals surface area contributed by atoms with E-state index in [2.05, 4.69) is 10.1 Å². The van der Waals surface area contributed by atoms with E-state index in [1.54, 1.807) is 6.92 Å². The average Bonchev–Trinajstić information content (AvgIpc) is 2.62. The van der Waals surface area contributed by atoms with E-state index < -0.39 is 18.8 Å². The van der Waals surface area contributed by atoms with Gasteiger partial charge in [-0.2, -0.15) is 13.2 Å². The summed E-state index contributed by atoms with van der Waals surface area (Å²) in [6.07, 6.45) is -3.65. The van der Waals surface area contributed by atoms with Crippen molar-refractivity contribution in [3.05, 3.63) is 0 Å². The summed E-state index contributed by atoms with van der Waals surface area (Å²) >= 11 is 0. The zero-order chi connectivity index (χ0) is 15.3. The van der Waals surface area contributed by atoms with E-state index in [-0.39, 0.29) is 37.4 Å². The monoisotopic (exact) mass is 296 g/mol. The van der Waals surface area contributed by atoms with Crippen molar-refractivity contribution < 1.29 is 27.5 Å². The van der Waals surface area contributed by atoms with E-state index >= 15 is 0 Å². The maximum atomic E-state index is 12.0. The van der Waals surface area contributed by atoms with Crippen LogP contribution in [0.2, 0.25) is 0 Å². The SMILES string of the molecule is CCC(C)N1C(=O)CC(NCCOCC(F)(F)F)C1=O. The minimum atomic E-state index is -4.35. The summed E-state index contributed by atoms with van der Waals surface area (Å²) in [7, 11) is 0. The first kappa shape index (κ1) is 16.9. The van der Waals surface area contributed by atoms with E-state index in [1.807, 2.05) is 6.92 Å². The van der Waals surface area contributed by atoms with Gasteiger partial charge in [0.05, 0.1) is 19.1 Å². The molecule has 0 aromatic carbocycles. The fourth-order valence-corrected chi connectivity index (χ4v) is 1.95. The smallest absolute Gasteiger partial charge is 0.371 e. The lowest BCUT2D eigenvalue weighted by Crippen LogP contribution is -2.43. The molecular formula is C12H19F3N2O3. The fourth-order valence-electron chi connectivity index (χ4n) is 1.95. The van der Waals surface area contributed by atoms with Crippen molar-refractivity contribution in [2.75, 3.05) is 19.8 Å². The highest BCUT2D eigenvalue weighted by molar-refractivity contribution is 6.05. The van der Waals surface area contributed by atoms with Crippen LogP contribution in [0.5, 0.6) is 0 Å². The van der Waals surface area contributed by atoms with Crippen LogP contribution in [0.1, 0.15) is 26.7 Å². The molecule has 2 amide bonds. The Bertz CT molecular complexity index is 360. The number of nitrogens with zero attached hydrogens (tertiary/aromatic N) is 1. The van der Waals surface area contributed by atoms with Crippen molar-refractivity contribution in [2.45, 2.75) is 44.9 Å². The molecule has 2 unspecified atom stereocenters. The Morgan fingerprint density at radius 3 is 2.65 bits per heavy atom. The molecule has 0 spiro atoms. The number of nitrogens with one attached hydrogen (secondary N) is 1. The summed E-state index contributed by atoms with van der Waals surface area (Å²) in [5.41, 5.74) is 0. The number of carbonyl (C=O) groups excluding carboxylic acids is 2. The van der Waals surface area contributed by atoms with Crippen LogP contribution < -0.4 is 5.32 Å². The van der Waals surface area contributed by atoms with Gasteiger partial charge in [-0.05, 0) is 13.3 Å². The van der Waals surface area contributed by atoms with Crippen molar-refractivity contribution in [3.8, 4) is 0 Å². The largest absolute Gasteiger partial charge is 0.411 e. The molecule has 0 radical (unpaired) electrons.